The summed E-state index contributed by atoms with van der Waals surface area (Å²) in [6.07, 6.45) is 11.7. The van der Waals surface area contributed by atoms with Crippen LogP contribution in [0.25, 0.3) is 0 Å². The van der Waals surface area contributed by atoms with Crippen LogP contribution in [0, 0.1) is 0 Å². The topological polar surface area (TPSA) is 46.5 Å². The molecule has 0 atom stereocenters. The number of unbranched alkanes of at least 4 members (excludes halogenated alkanes) is 8. The van der Waals surface area contributed by atoms with Gasteiger partial charge in [-0.05, 0) is 6.42 Å². The molecule has 0 radical (unpaired) electrons. The summed E-state index contributed by atoms with van der Waals surface area (Å²) >= 11 is 0. The van der Waals surface area contributed by atoms with E-state index in [4.69, 9.17) is 9.84 Å². The second-order valence-corrected chi connectivity index (χ2v) is 4.52. The molecule has 0 saturated carbocycles. The minimum atomic E-state index is -0.179. The number of aliphatic hydroxyl groups excluding tert-OH is 1. The van der Waals surface area contributed by atoms with Crippen molar-refractivity contribution in [2.75, 3.05) is 13.2 Å². The summed E-state index contributed by atoms with van der Waals surface area (Å²) < 4.78 is 4.77. The average molecular weight is 268 g/mol. The number of hydrogen-bond donors (Lipinski definition) is 1. The first-order valence-electron chi connectivity index (χ1n) is 7.07. The Labute approximate surface area is 135 Å². The molecule has 18 heavy (non-hydrogen) atoms. The Bertz CT molecular complexity index is 180. The van der Waals surface area contributed by atoms with Gasteiger partial charge >= 0.3 is 35.5 Å². The van der Waals surface area contributed by atoms with Crippen molar-refractivity contribution in [2.45, 2.75) is 71.1 Å². The van der Waals surface area contributed by atoms with Crippen molar-refractivity contribution in [3.63, 3.8) is 0 Å². The van der Waals surface area contributed by atoms with E-state index in [1.54, 1.807) is 0 Å². The minimum Gasteiger partial charge on any atom is -1.00 e. The van der Waals surface area contributed by atoms with Gasteiger partial charge in [-0.1, -0.05) is 58.3 Å². The molecular weight excluding hydrogens is 239 g/mol. The van der Waals surface area contributed by atoms with Gasteiger partial charge in [0.2, 0.25) is 0 Å². The smallest absolute Gasteiger partial charge is 1.00 e. The van der Waals surface area contributed by atoms with Crippen molar-refractivity contribution in [3.05, 3.63) is 0 Å². The number of carbonyl (C=O) groups is 1. The van der Waals surface area contributed by atoms with Crippen LogP contribution >= 0.6 is 0 Å². The molecule has 1 N–H and O–H groups in total. The molecule has 0 aliphatic carbocycles. The second kappa shape index (κ2) is 17.4. The summed E-state index contributed by atoms with van der Waals surface area (Å²) in [5, 5.41) is 8.47. The number of esters is 1. The normalized spacial score (nSPS) is 9.89. The molecular formula is C14H29NaO3. The average Bonchev–Trinajstić information content (AvgIpc) is 2.34. The zero-order valence-electron chi connectivity index (χ0n) is 13.2. The third-order valence-corrected chi connectivity index (χ3v) is 2.84. The molecule has 0 fully saturated rings. The van der Waals surface area contributed by atoms with Gasteiger partial charge < -0.3 is 11.3 Å². The Balaban J connectivity index is -0.00000128. The van der Waals surface area contributed by atoms with E-state index in [1.165, 1.54) is 44.9 Å². The van der Waals surface area contributed by atoms with Gasteiger partial charge in [0.25, 0.3) is 0 Å². The molecule has 0 saturated heterocycles. The summed E-state index contributed by atoms with van der Waals surface area (Å²) in [6.45, 7) is 2.29. The fraction of sp³-hybridized carbons (Fsp3) is 0.929. The Kier molecular flexibility index (Phi) is 20.1. The Hall–Kier alpha value is 0.430. The van der Waals surface area contributed by atoms with Gasteiger partial charge in [-0.3, -0.25) is 4.79 Å². The van der Waals surface area contributed by atoms with Crippen LogP contribution in [0.1, 0.15) is 72.6 Å². The predicted molar refractivity (Wildman–Crippen MR) is 71.0 cm³/mol. The van der Waals surface area contributed by atoms with Crippen LogP contribution in [0.5, 0.6) is 0 Å². The molecule has 0 bridgehead atoms. The van der Waals surface area contributed by atoms with Crippen LogP contribution in [0.3, 0.4) is 0 Å². The van der Waals surface area contributed by atoms with Crippen molar-refractivity contribution >= 4 is 5.97 Å². The summed E-state index contributed by atoms with van der Waals surface area (Å²) in [5.41, 5.74) is 0. The Morgan fingerprint density at radius 3 is 2.00 bits per heavy atom. The number of hydrogen-bond acceptors (Lipinski definition) is 3. The van der Waals surface area contributed by atoms with E-state index in [1.807, 2.05) is 0 Å². The number of ether oxygens (including phenoxy) is 1. The van der Waals surface area contributed by atoms with E-state index in [9.17, 15) is 4.79 Å². The minimum absolute atomic E-state index is 0. The van der Waals surface area contributed by atoms with E-state index in [-0.39, 0.29) is 50.2 Å². The first-order valence-corrected chi connectivity index (χ1v) is 7.07. The standard InChI is InChI=1S/C14H28O3.Na.H/c1-2-3-4-5-6-7-8-9-10-11-14(16)17-13-12-15;;/h15H,2-13H2,1H3;;/q;+1;-1. The van der Waals surface area contributed by atoms with Gasteiger partial charge in [0.05, 0.1) is 6.61 Å². The van der Waals surface area contributed by atoms with Crippen molar-refractivity contribution in [1.29, 1.82) is 0 Å². The Morgan fingerprint density at radius 2 is 1.50 bits per heavy atom. The molecule has 0 unspecified atom stereocenters. The van der Waals surface area contributed by atoms with E-state index in [2.05, 4.69) is 6.92 Å². The fourth-order valence-electron chi connectivity index (χ4n) is 1.81. The summed E-state index contributed by atoms with van der Waals surface area (Å²) in [6, 6.07) is 0. The van der Waals surface area contributed by atoms with Gasteiger partial charge in [0.1, 0.15) is 6.61 Å². The number of rotatable bonds is 12. The molecule has 0 heterocycles. The van der Waals surface area contributed by atoms with Gasteiger partial charge in [-0.2, -0.15) is 0 Å². The van der Waals surface area contributed by atoms with E-state index >= 15 is 0 Å². The van der Waals surface area contributed by atoms with Crippen LogP contribution in [-0.4, -0.2) is 24.3 Å². The van der Waals surface area contributed by atoms with Crippen LogP contribution < -0.4 is 29.6 Å². The summed E-state index contributed by atoms with van der Waals surface area (Å²) in [5.74, 6) is -0.179. The fourth-order valence-corrected chi connectivity index (χ4v) is 1.81. The molecule has 0 aromatic carbocycles. The molecule has 0 aliphatic heterocycles. The van der Waals surface area contributed by atoms with Crippen molar-refractivity contribution < 1.29 is 45.6 Å². The van der Waals surface area contributed by atoms with Gasteiger partial charge in [-0.15, -0.1) is 0 Å². The zero-order chi connectivity index (χ0) is 12.8. The summed E-state index contributed by atoms with van der Waals surface area (Å²) in [7, 11) is 0. The summed E-state index contributed by atoms with van der Waals surface area (Å²) in [4.78, 5) is 11.1. The monoisotopic (exact) mass is 268 g/mol. The maximum atomic E-state index is 11.1. The Morgan fingerprint density at radius 1 is 1.00 bits per heavy atom. The molecule has 0 aromatic heterocycles. The predicted octanol–water partition coefficient (Wildman–Crippen LogP) is 0.559. The molecule has 0 rings (SSSR count). The van der Waals surface area contributed by atoms with Crippen molar-refractivity contribution in [1.82, 2.24) is 0 Å². The molecule has 0 amide bonds. The van der Waals surface area contributed by atoms with Crippen LogP contribution in [0.2, 0.25) is 0 Å². The first kappa shape index (κ1) is 20.7. The number of carbonyl (C=O) groups excluding carboxylic acids is 1. The quantitative estimate of drug-likeness (QED) is 0.320. The second-order valence-electron chi connectivity index (χ2n) is 4.52. The van der Waals surface area contributed by atoms with E-state index < -0.39 is 0 Å². The first-order chi connectivity index (χ1) is 8.31. The number of aliphatic hydroxyl groups is 1. The molecule has 104 valence electrons. The molecule has 0 aromatic rings. The van der Waals surface area contributed by atoms with E-state index in [0.717, 1.165) is 12.8 Å². The molecule has 4 heteroatoms. The largest absolute Gasteiger partial charge is 1.00 e. The maximum Gasteiger partial charge on any atom is 1.00 e. The van der Waals surface area contributed by atoms with Crippen LogP contribution in [-0.2, 0) is 9.53 Å². The zero-order valence-corrected chi connectivity index (χ0v) is 14.2. The molecule has 0 aliphatic rings. The SMILES string of the molecule is CCCCCCCCCCCC(=O)OCCO.[H-].[Na+]. The van der Waals surface area contributed by atoms with Gasteiger partial charge in [0, 0.05) is 6.42 Å². The molecule has 3 nitrogen and oxygen atoms in total. The third-order valence-electron chi connectivity index (χ3n) is 2.84. The molecule has 0 spiro atoms. The van der Waals surface area contributed by atoms with E-state index in [0.29, 0.717) is 6.42 Å². The van der Waals surface area contributed by atoms with Crippen LogP contribution in [0.15, 0.2) is 0 Å². The van der Waals surface area contributed by atoms with Gasteiger partial charge in [-0.25, -0.2) is 0 Å². The van der Waals surface area contributed by atoms with Crippen molar-refractivity contribution in [2.24, 2.45) is 0 Å². The van der Waals surface area contributed by atoms with Crippen molar-refractivity contribution in [3.8, 4) is 0 Å². The third kappa shape index (κ3) is 16.4. The van der Waals surface area contributed by atoms with Crippen LogP contribution in [0.4, 0.5) is 0 Å². The van der Waals surface area contributed by atoms with Gasteiger partial charge in [0.15, 0.2) is 0 Å². The maximum absolute atomic E-state index is 11.1.